The standard InChI is InChI=1S/C16H20N2O2S/c1-10-5-6-13(11(2)7-10)15-17-14(9-21-15)16(20)18(4)12(3)8-19/h5-7,9,12,19H,8H2,1-4H3. The number of aliphatic hydroxyl groups is 1. The average molecular weight is 304 g/mol. The van der Waals surface area contributed by atoms with E-state index in [9.17, 15) is 4.79 Å². The van der Waals surface area contributed by atoms with Crippen molar-refractivity contribution in [3.05, 3.63) is 40.4 Å². The zero-order valence-corrected chi connectivity index (χ0v) is 13.6. The van der Waals surface area contributed by atoms with Crippen molar-refractivity contribution < 1.29 is 9.90 Å². The third-order valence-corrected chi connectivity index (χ3v) is 4.46. The zero-order valence-electron chi connectivity index (χ0n) is 12.8. The molecule has 1 N–H and O–H groups in total. The molecule has 0 fully saturated rings. The van der Waals surface area contributed by atoms with Crippen molar-refractivity contribution in [2.45, 2.75) is 26.8 Å². The number of amides is 1. The summed E-state index contributed by atoms with van der Waals surface area (Å²) in [5.74, 6) is -0.163. The van der Waals surface area contributed by atoms with Gasteiger partial charge in [0.25, 0.3) is 5.91 Å². The van der Waals surface area contributed by atoms with Crippen molar-refractivity contribution in [2.75, 3.05) is 13.7 Å². The van der Waals surface area contributed by atoms with Crippen LogP contribution in [-0.4, -0.2) is 40.6 Å². The molecule has 1 heterocycles. The minimum absolute atomic E-state index is 0.0592. The highest BCUT2D eigenvalue weighted by atomic mass is 32.1. The van der Waals surface area contributed by atoms with E-state index >= 15 is 0 Å². The maximum Gasteiger partial charge on any atom is 0.273 e. The Morgan fingerprint density at radius 1 is 1.43 bits per heavy atom. The molecule has 0 aliphatic rings. The summed E-state index contributed by atoms with van der Waals surface area (Å²) in [6.07, 6.45) is 0. The maximum atomic E-state index is 12.3. The minimum Gasteiger partial charge on any atom is -0.394 e. The van der Waals surface area contributed by atoms with Crippen LogP contribution in [0.25, 0.3) is 10.6 Å². The van der Waals surface area contributed by atoms with Gasteiger partial charge in [0.05, 0.1) is 12.6 Å². The summed E-state index contributed by atoms with van der Waals surface area (Å²) in [4.78, 5) is 18.3. The molecule has 4 nitrogen and oxygen atoms in total. The molecule has 112 valence electrons. The van der Waals surface area contributed by atoms with Gasteiger partial charge in [-0.2, -0.15) is 0 Å². The first-order chi connectivity index (χ1) is 9.93. The molecule has 1 amide bonds. The molecule has 0 bridgehead atoms. The molecule has 21 heavy (non-hydrogen) atoms. The van der Waals surface area contributed by atoms with E-state index in [4.69, 9.17) is 5.11 Å². The lowest BCUT2D eigenvalue weighted by Crippen LogP contribution is -2.37. The number of aromatic nitrogens is 1. The zero-order chi connectivity index (χ0) is 15.6. The van der Waals surface area contributed by atoms with E-state index in [0.29, 0.717) is 5.69 Å². The highest BCUT2D eigenvalue weighted by Gasteiger charge is 2.20. The third kappa shape index (κ3) is 3.31. The van der Waals surface area contributed by atoms with Crippen LogP contribution in [0.5, 0.6) is 0 Å². The second-order valence-corrected chi connectivity index (χ2v) is 6.16. The molecule has 1 aromatic heterocycles. The van der Waals surface area contributed by atoms with Gasteiger partial charge in [0.1, 0.15) is 10.7 Å². The molecule has 1 atom stereocenters. The number of benzene rings is 1. The molecule has 1 aromatic carbocycles. The normalized spacial score (nSPS) is 12.2. The van der Waals surface area contributed by atoms with Crippen LogP contribution in [-0.2, 0) is 0 Å². The summed E-state index contributed by atoms with van der Waals surface area (Å²) >= 11 is 1.47. The number of thiazole rings is 1. The molecule has 2 rings (SSSR count). The second-order valence-electron chi connectivity index (χ2n) is 5.30. The van der Waals surface area contributed by atoms with Gasteiger partial charge in [-0.1, -0.05) is 23.8 Å². The van der Waals surface area contributed by atoms with E-state index in [2.05, 4.69) is 18.0 Å². The molecule has 0 spiro atoms. The van der Waals surface area contributed by atoms with Gasteiger partial charge in [-0.25, -0.2) is 4.98 Å². The smallest absolute Gasteiger partial charge is 0.273 e. The van der Waals surface area contributed by atoms with Crippen LogP contribution in [0.3, 0.4) is 0 Å². The Balaban J connectivity index is 2.27. The Hall–Kier alpha value is -1.72. The summed E-state index contributed by atoms with van der Waals surface area (Å²) in [5.41, 5.74) is 3.85. The molecule has 1 unspecified atom stereocenters. The van der Waals surface area contributed by atoms with Crippen molar-refractivity contribution in [1.29, 1.82) is 0 Å². The summed E-state index contributed by atoms with van der Waals surface area (Å²) in [7, 11) is 1.68. The van der Waals surface area contributed by atoms with E-state index in [1.807, 2.05) is 19.1 Å². The fourth-order valence-electron chi connectivity index (χ4n) is 2.05. The van der Waals surface area contributed by atoms with Crippen molar-refractivity contribution in [1.82, 2.24) is 9.88 Å². The monoisotopic (exact) mass is 304 g/mol. The highest BCUT2D eigenvalue weighted by molar-refractivity contribution is 7.13. The molecule has 5 heteroatoms. The van der Waals surface area contributed by atoms with Gasteiger partial charge in [0.15, 0.2) is 0 Å². The Morgan fingerprint density at radius 2 is 2.14 bits per heavy atom. The summed E-state index contributed by atoms with van der Waals surface area (Å²) in [6.45, 7) is 5.84. The predicted octanol–water partition coefficient (Wildman–Crippen LogP) is 2.88. The van der Waals surface area contributed by atoms with E-state index in [0.717, 1.165) is 16.1 Å². The van der Waals surface area contributed by atoms with Crippen molar-refractivity contribution in [3.8, 4) is 10.6 Å². The number of carbonyl (C=O) groups excluding carboxylic acids is 1. The topological polar surface area (TPSA) is 53.4 Å². The molecule has 0 saturated carbocycles. The Kier molecular flexibility index (Phi) is 4.75. The van der Waals surface area contributed by atoms with Gasteiger partial charge >= 0.3 is 0 Å². The quantitative estimate of drug-likeness (QED) is 0.945. The molecule has 0 aliphatic heterocycles. The van der Waals surface area contributed by atoms with Gasteiger partial charge in [-0.05, 0) is 26.3 Å². The minimum atomic E-state index is -0.219. The average Bonchev–Trinajstić information content (AvgIpc) is 2.94. The molecule has 0 aliphatic carbocycles. The first-order valence-electron chi connectivity index (χ1n) is 6.85. The van der Waals surface area contributed by atoms with Crippen LogP contribution in [0, 0.1) is 13.8 Å². The number of likely N-dealkylation sites (N-methyl/N-ethyl adjacent to an activating group) is 1. The van der Waals surface area contributed by atoms with Crippen LogP contribution in [0.4, 0.5) is 0 Å². The molecule has 0 radical (unpaired) electrons. The van der Waals surface area contributed by atoms with Gasteiger partial charge in [-0.3, -0.25) is 4.79 Å². The molecular weight excluding hydrogens is 284 g/mol. The van der Waals surface area contributed by atoms with E-state index < -0.39 is 0 Å². The summed E-state index contributed by atoms with van der Waals surface area (Å²) in [5, 5.41) is 11.8. The van der Waals surface area contributed by atoms with E-state index in [1.54, 1.807) is 19.4 Å². The van der Waals surface area contributed by atoms with Crippen molar-refractivity contribution in [3.63, 3.8) is 0 Å². The largest absolute Gasteiger partial charge is 0.394 e. The summed E-state index contributed by atoms with van der Waals surface area (Å²) in [6, 6.07) is 5.98. The van der Waals surface area contributed by atoms with Crippen molar-refractivity contribution >= 4 is 17.2 Å². The summed E-state index contributed by atoms with van der Waals surface area (Å²) < 4.78 is 0. The third-order valence-electron chi connectivity index (χ3n) is 3.58. The predicted molar refractivity (Wildman–Crippen MR) is 85.7 cm³/mol. The number of nitrogens with zero attached hydrogens (tertiary/aromatic N) is 2. The molecule has 2 aromatic rings. The van der Waals surface area contributed by atoms with E-state index in [-0.39, 0.29) is 18.6 Å². The fourth-order valence-corrected chi connectivity index (χ4v) is 2.94. The molecule has 0 saturated heterocycles. The van der Waals surface area contributed by atoms with Crippen molar-refractivity contribution in [2.24, 2.45) is 0 Å². The molecular formula is C16H20N2O2S. The van der Waals surface area contributed by atoms with Gasteiger partial charge < -0.3 is 10.0 Å². The van der Waals surface area contributed by atoms with Crippen LogP contribution >= 0.6 is 11.3 Å². The number of hydrogen-bond acceptors (Lipinski definition) is 4. The first kappa shape index (κ1) is 15.7. The lowest BCUT2D eigenvalue weighted by Gasteiger charge is -2.21. The number of aliphatic hydroxyl groups excluding tert-OH is 1. The van der Waals surface area contributed by atoms with Crippen LogP contribution in [0.1, 0.15) is 28.5 Å². The van der Waals surface area contributed by atoms with E-state index in [1.165, 1.54) is 21.8 Å². The second kappa shape index (κ2) is 6.37. The lowest BCUT2D eigenvalue weighted by atomic mass is 10.1. The lowest BCUT2D eigenvalue weighted by molar-refractivity contribution is 0.0677. The van der Waals surface area contributed by atoms with Crippen LogP contribution in [0.2, 0.25) is 0 Å². The maximum absolute atomic E-state index is 12.3. The first-order valence-corrected chi connectivity index (χ1v) is 7.73. The number of aryl methyl sites for hydroxylation is 2. The Morgan fingerprint density at radius 3 is 2.76 bits per heavy atom. The number of hydrogen-bond donors (Lipinski definition) is 1. The SMILES string of the molecule is Cc1ccc(-c2nc(C(=O)N(C)C(C)CO)cs2)c(C)c1. The van der Waals surface area contributed by atoms with Gasteiger partial charge in [0.2, 0.25) is 0 Å². The van der Waals surface area contributed by atoms with Gasteiger partial charge in [0, 0.05) is 18.0 Å². The van der Waals surface area contributed by atoms with Gasteiger partial charge in [-0.15, -0.1) is 11.3 Å². The number of carbonyl (C=O) groups is 1. The fraction of sp³-hybridized carbons (Fsp3) is 0.375. The van der Waals surface area contributed by atoms with Crippen LogP contribution in [0.15, 0.2) is 23.6 Å². The number of rotatable bonds is 4. The Bertz CT molecular complexity index is 651. The van der Waals surface area contributed by atoms with Crippen LogP contribution < -0.4 is 0 Å². The Labute approximate surface area is 129 Å². The highest BCUT2D eigenvalue weighted by Crippen LogP contribution is 2.27.